The lowest BCUT2D eigenvalue weighted by atomic mass is 10.1. The minimum Gasteiger partial charge on any atom is -0.327 e. The van der Waals surface area contributed by atoms with Crippen LogP contribution in [0.2, 0.25) is 10.0 Å². The minimum atomic E-state index is 0. The summed E-state index contributed by atoms with van der Waals surface area (Å²) in [5, 5.41) is 1.28. The summed E-state index contributed by atoms with van der Waals surface area (Å²) >= 11 is 11.9. The molecule has 0 spiro atoms. The van der Waals surface area contributed by atoms with Gasteiger partial charge in [0, 0.05) is 12.0 Å². The second-order valence-electron chi connectivity index (χ2n) is 3.15. The van der Waals surface area contributed by atoms with Gasteiger partial charge in [0.05, 0.1) is 10.0 Å². The van der Waals surface area contributed by atoms with Gasteiger partial charge in [0.1, 0.15) is 0 Å². The number of halogens is 3. The maximum absolute atomic E-state index is 6.01. The quantitative estimate of drug-likeness (QED) is 0.799. The Balaban J connectivity index is 0.000000845. The SMILES string of the molecule is Cl.NC1CC1c1cccc(Cl)c1Cl. The van der Waals surface area contributed by atoms with Gasteiger partial charge in [-0.15, -0.1) is 12.4 Å². The van der Waals surface area contributed by atoms with Crippen molar-refractivity contribution in [3.63, 3.8) is 0 Å². The van der Waals surface area contributed by atoms with Crippen LogP contribution in [0.25, 0.3) is 0 Å². The summed E-state index contributed by atoms with van der Waals surface area (Å²) in [6, 6.07) is 5.97. The van der Waals surface area contributed by atoms with Crippen LogP contribution in [0.5, 0.6) is 0 Å². The molecule has 0 aromatic heterocycles. The molecule has 2 unspecified atom stereocenters. The second-order valence-corrected chi connectivity index (χ2v) is 3.93. The average Bonchev–Trinajstić information content (AvgIpc) is 2.73. The molecule has 1 aromatic rings. The number of hydrogen-bond acceptors (Lipinski definition) is 1. The zero-order valence-corrected chi connectivity index (χ0v) is 9.16. The lowest BCUT2D eigenvalue weighted by Crippen LogP contribution is -2.01. The molecule has 1 saturated carbocycles. The summed E-state index contributed by atoms with van der Waals surface area (Å²) in [5.41, 5.74) is 6.81. The minimum absolute atomic E-state index is 0. The first-order valence-electron chi connectivity index (χ1n) is 3.89. The predicted octanol–water partition coefficient (Wildman–Crippen LogP) is 3.23. The van der Waals surface area contributed by atoms with E-state index in [0.29, 0.717) is 16.0 Å². The largest absolute Gasteiger partial charge is 0.327 e. The van der Waals surface area contributed by atoms with Crippen LogP contribution in [0.15, 0.2) is 18.2 Å². The monoisotopic (exact) mass is 237 g/mol. The van der Waals surface area contributed by atoms with E-state index in [1.807, 2.05) is 12.1 Å². The summed E-state index contributed by atoms with van der Waals surface area (Å²) in [7, 11) is 0. The van der Waals surface area contributed by atoms with E-state index >= 15 is 0 Å². The van der Waals surface area contributed by atoms with Crippen LogP contribution < -0.4 is 5.73 Å². The van der Waals surface area contributed by atoms with Gasteiger partial charge in [0.2, 0.25) is 0 Å². The fraction of sp³-hybridized carbons (Fsp3) is 0.333. The highest BCUT2D eigenvalue weighted by Crippen LogP contribution is 2.43. The third kappa shape index (κ3) is 2.10. The molecule has 2 rings (SSSR count). The standard InChI is InChI=1S/C9H9Cl2N.ClH/c10-7-3-1-2-5(9(7)11)6-4-8(6)12;/h1-3,6,8H,4,12H2;1H. The number of rotatable bonds is 1. The van der Waals surface area contributed by atoms with Crippen molar-refractivity contribution in [2.24, 2.45) is 5.73 Å². The van der Waals surface area contributed by atoms with E-state index in [4.69, 9.17) is 28.9 Å². The third-order valence-corrected chi connectivity index (χ3v) is 3.05. The van der Waals surface area contributed by atoms with Gasteiger partial charge in [-0.2, -0.15) is 0 Å². The van der Waals surface area contributed by atoms with Gasteiger partial charge >= 0.3 is 0 Å². The molecule has 0 heterocycles. The molecule has 13 heavy (non-hydrogen) atoms. The van der Waals surface area contributed by atoms with Crippen LogP contribution in [-0.4, -0.2) is 6.04 Å². The molecule has 0 aliphatic heterocycles. The van der Waals surface area contributed by atoms with Crippen LogP contribution in [0.3, 0.4) is 0 Å². The highest BCUT2D eigenvalue weighted by atomic mass is 35.5. The molecule has 0 radical (unpaired) electrons. The summed E-state index contributed by atoms with van der Waals surface area (Å²) in [5.74, 6) is 0.427. The maximum Gasteiger partial charge on any atom is 0.0627 e. The molecule has 1 aromatic carbocycles. The van der Waals surface area contributed by atoms with Gasteiger partial charge < -0.3 is 5.73 Å². The highest BCUT2D eigenvalue weighted by molar-refractivity contribution is 6.42. The van der Waals surface area contributed by atoms with Crippen molar-refractivity contribution in [2.45, 2.75) is 18.4 Å². The zero-order valence-electron chi connectivity index (χ0n) is 6.84. The van der Waals surface area contributed by atoms with Crippen LogP contribution in [0.1, 0.15) is 17.9 Å². The van der Waals surface area contributed by atoms with Crippen LogP contribution in [-0.2, 0) is 0 Å². The van der Waals surface area contributed by atoms with Crippen molar-refractivity contribution >= 4 is 35.6 Å². The number of hydrogen-bond donors (Lipinski definition) is 1. The Morgan fingerprint density at radius 3 is 2.46 bits per heavy atom. The zero-order chi connectivity index (χ0) is 8.72. The van der Waals surface area contributed by atoms with Gasteiger partial charge in [-0.1, -0.05) is 35.3 Å². The molecule has 0 amide bonds. The average molecular weight is 239 g/mol. The van der Waals surface area contributed by atoms with Crippen molar-refractivity contribution in [3.05, 3.63) is 33.8 Å². The summed E-state index contributed by atoms with van der Waals surface area (Å²) < 4.78 is 0. The van der Waals surface area contributed by atoms with E-state index in [1.54, 1.807) is 6.07 Å². The Labute approximate surface area is 93.6 Å². The second kappa shape index (κ2) is 4.05. The lowest BCUT2D eigenvalue weighted by molar-refractivity contribution is 0.991. The van der Waals surface area contributed by atoms with Gasteiger partial charge in [-0.05, 0) is 18.1 Å². The molecular weight excluding hydrogens is 228 g/mol. The summed E-state index contributed by atoms with van der Waals surface area (Å²) in [6.45, 7) is 0. The molecule has 72 valence electrons. The van der Waals surface area contributed by atoms with Crippen molar-refractivity contribution in [2.75, 3.05) is 0 Å². The number of benzene rings is 1. The van der Waals surface area contributed by atoms with Crippen molar-refractivity contribution < 1.29 is 0 Å². The Bertz CT molecular complexity index is 314. The van der Waals surface area contributed by atoms with Crippen molar-refractivity contribution in [1.29, 1.82) is 0 Å². The molecule has 1 aliphatic rings. The van der Waals surface area contributed by atoms with Gasteiger partial charge in [-0.3, -0.25) is 0 Å². The smallest absolute Gasteiger partial charge is 0.0627 e. The molecule has 1 aliphatic carbocycles. The Morgan fingerprint density at radius 1 is 1.31 bits per heavy atom. The fourth-order valence-electron chi connectivity index (χ4n) is 1.38. The van der Waals surface area contributed by atoms with Gasteiger partial charge in [-0.25, -0.2) is 0 Å². The molecule has 1 nitrogen and oxygen atoms in total. The Morgan fingerprint density at radius 2 is 1.92 bits per heavy atom. The maximum atomic E-state index is 6.01. The first-order chi connectivity index (χ1) is 5.70. The van der Waals surface area contributed by atoms with Crippen LogP contribution in [0, 0.1) is 0 Å². The molecular formula is C9H10Cl3N. The molecule has 1 fully saturated rings. The van der Waals surface area contributed by atoms with E-state index in [9.17, 15) is 0 Å². The highest BCUT2D eigenvalue weighted by Gasteiger charge is 2.36. The van der Waals surface area contributed by atoms with E-state index in [2.05, 4.69) is 0 Å². The van der Waals surface area contributed by atoms with Crippen LogP contribution in [0.4, 0.5) is 0 Å². The topological polar surface area (TPSA) is 26.0 Å². The van der Waals surface area contributed by atoms with E-state index in [0.717, 1.165) is 12.0 Å². The van der Waals surface area contributed by atoms with Gasteiger partial charge in [0.15, 0.2) is 0 Å². The molecule has 2 atom stereocenters. The summed E-state index contributed by atoms with van der Waals surface area (Å²) in [4.78, 5) is 0. The van der Waals surface area contributed by atoms with E-state index < -0.39 is 0 Å². The first-order valence-corrected chi connectivity index (χ1v) is 4.65. The molecule has 4 heteroatoms. The molecule has 2 N–H and O–H groups in total. The van der Waals surface area contributed by atoms with Crippen LogP contribution >= 0.6 is 35.6 Å². The van der Waals surface area contributed by atoms with E-state index in [-0.39, 0.29) is 18.4 Å². The van der Waals surface area contributed by atoms with Crippen molar-refractivity contribution in [3.8, 4) is 0 Å². The summed E-state index contributed by atoms with van der Waals surface area (Å²) in [6.07, 6.45) is 1.03. The first kappa shape index (κ1) is 11.1. The van der Waals surface area contributed by atoms with Crippen molar-refractivity contribution in [1.82, 2.24) is 0 Å². The number of nitrogens with two attached hydrogens (primary N) is 1. The molecule has 0 bridgehead atoms. The Kier molecular flexibility index (Phi) is 3.47. The lowest BCUT2D eigenvalue weighted by Gasteiger charge is -2.02. The molecule has 0 saturated heterocycles. The third-order valence-electron chi connectivity index (χ3n) is 2.22. The Hall–Kier alpha value is 0.0500. The predicted molar refractivity (Wildman–Crippen MR) is 59.0 cm³/mol. The van der Waals surface area contributed by atoms with E-state index in [1.165, 1.54) is 0 Å². The van der Waals surface area contributed by atoms with Gasteiger partial charge in [0.25, 0.3) is 0 Å². The fourth-order valence-corrected chi connectivity index (χ4v) is 1.83. The normalized spacial score (nSPS) is 25.2.